The van der Waals surface area contributed by atoms with Gasteiger partial charge >= 0.3 is 0 Å². The van der Waals surface area contributed by atoms with Crippen molar-refractivity contribution in [3.8, 4) is 0 Å². The van der Waals surface area contributed by atoms with E-state index < -0.39 is 10.0 Å². The maximum atomic E-state index is 12.7. The molecule has 2 aromatic heterocycles. The highest BCUT2D eigenvalue weighted by atomic mass is 35.5. The first-order valence-electron chi connectivity index (χ1n) is 6.71. The van der Waals surface area contributed by atoms with E-state index in [-0.39, 0.29) is 22.6 Å². The molecule has 1 aliphatic heterocycles. The van der Waals surface area contributed by atoms with E-state index in [4.69, 9.17) is 11.6 Å². The Hall–Kier alpha value is -1.74. The van der Waals surface area contributed by atoms with Gasteiger partial charge in [0.25, 0.3) is 10.0 Å². The van der Waals surface area contributed by atoms with E-state index in [0.29, 0.717) is 10.6 Å². The molecule has 0 saturated carbocycles. The first-order valence-corrected chi connectivity index (χ1v) is 9.45. The Kier molecular flexibility index (Phi) is 4.48. The van der Waals surface area contributed by atoms with Gasteiger partial charge in [-0.1, -0.05) is 17.7 Å². The third-order valence-corrected chi connectivity index (χ3v) is 6.04. The maximum Gasteiger partial charge on any atom is 0.281 e. The van der Waals surface area contributed by atoms with E-state index in [1.807, 2.05) is 18.3 Å². The number of anilines is 1. The maximum absolute atomic E-state index is 12.7. The Balaban J connectivity index is 0.00000169. The van der Waals surface area contributed by atoms with Crippen molar-refractivity contribution in [1.82, 2.24) is 14.7 Å². The van der Waals surface area contributed by atoms with Crippen LogP contribution in [0.3, 0.4) is 0 Å². The van der Waals surface area contributed by atoms with Gasteiger partial charge in [0.2, 0.25) is 0 Å². The third-order valence-electron chi connectivity index (χ3n) is 3.50. The summed E-state index contributed by atoms with van der Waals surface area (Å²) in [4.78, 5) is 4.60. The van der Waals surface area contributed by atoms with Gasteiger partial charge in [0.15, 0.2) is 15.1 Å². The Morgan fingerprint density at radius 3 is 3.04 bits per heavy atom. The largest absolute Gasteiger partial charge is 0.387 e. The SMILES string of the molecule is Cl.O=S(=O)(Nc1ccc2c(c1)C=CNC2)c1c(Cl)nc2sccn12. The molecule has 2 N–H and O–H groups in total. The molecular weight excluding hydrogens is 391 g/mol. The van der Waals surface area contributed by atoms with E-state index >= 15 is 0 Å². The topological polar surface area (TPSA) is 75.5 Å². The molecule has 10 heteroatoms. The van der Waals surface area contributed by atoms with Gasteiger partial charge in [-0.25, -0.2) is 4.98 Å². The molecule has 6 nitrogen and oxygen atoms in total. The summed E-state index contributed by atoms with van der Waals surface area (Å²) in [5.74, 6) is 0. The molecule has 0 aliphatic carbocycles. The fourth-order valence-corrected chi connectivity index (χ4v) is 4.98. The minimum absolute atomic E-state index is 0. The van der Waals surface area contributed by atoms with Crippen molar-refractivity contribution >= 4 is 62.1 Å². The Morgan fingerprint density at radius 1 is 1.38 bits per heavy atom. The van der Waals surface area contributed by atoms with E-state index in [0.717, 1.165) is 17.7 Å². The molecule has 0 radical (unpaired) electrons. The van der Waals surface area contributed by atoms with Crippen molar-refractivity contribution in [2.45, 2.75) is 11.6 Å². The number of nitrogens with zero attached hydrogens (tertiary/aromatic N) is 2. The molecule has 0 bridgehead atoms. The summed E-state index contributed by atoms with van der Waals surface area (Å²) in [6, 6.07) is 5.42. The number of fused-ring (bicyclic) bond motifs is 2. The number of halogens is 2. The fourth-order valence-electron chi connectivity index (χ4n) is 2.47. The summed E-state index contributed by atoms with van der Waals surface area (Å²) in [7, 11) is -3.84. The third kappa shape index (κ3) is 2.86. The second-order valence-corrected chi connectivity index (χ2v) is 7.83. The summed E-state index contributed by atoms with van der Waals surface area (Å²) in [5, 5.41) is 4.78. The lowest BCUT2D eigenvalue weighted by Gasteiger charge is -2.14. The second kappa shape index (κ2) is 6.29. The molecule has 0 fully saturated rings. The lowest BCUT2D eigenvalue weighted by molar-refractivity contribution is 0.596. The first kappa shape index (κ1) is 17.1. The number of thiazole rings is 1. The van der Waals surface area contributed by atoms with Crippen LogP contribution in [0.1, 0.15) is 11.1 Å². The molecule has 1 aliphatic rings. The quantitative estimate of drug-likeness (QED) is 0.704. The fraction of sp³-hybridized carbons (Fsp3) is 0.0714. The van der Waals surface area contributed by atoms with Crippen molar-refractivity contribution in [1.29, 1.82) is 0 Å². The Morgan fingerprint density at radius 2 is 2.21 bits per heavy atom. The molecule has 3 aromatic rings. The van der Waals surface area contributed by atoms with Crippen LogP contribution in [0.4, 0.5) is 5.69 Å². The number of hydrogen-bond donors (Lipinski definition) is 2. The average Bonchev–Trinajstić information content (AvgIpc) is 3.06. The molecule has 0 saturated heterocycles. The number of hydrogen-bond acceptors (Lipinski definition) is 5. The monoisotopic (exact) mass is 402 g/mol. The number of rotatable bonds is 3. The Bertz CT molecular complexity index is 1040. The van der Waals surface area contributed by atoms with E-state index in [1.54, 1.807) is 23.7 Å². The van der Waals surface area contributed by atoms with Crippen LogP contribution in [-0.2, 0) is 16.6 Å². The van der Waals surface area contributed by atoms with E-state index in [2.05, 4.69) is 15.0 Å². The van der Waals surface area contributed by atoms with Gasteiger partial charge in [-0.2, -0.15) is 8.42 Å². The van der Waals surface area contributed by atoms with Crippen molar-refractivity contribution in [3.05, 3.63) is 52.3 Å². The average molecular weight is 403 g/mol. The van der Waals surface area contributed by atoms with Crippen LogP contribution in [0.15, 0.2) is 41.0 Å². The first-order chi connectivity index (χ1) is 11.0. The predicted molar refractivity (Wildman–Crippen MR) is 98.5 cm³/mol. The van der Waals surface area contributed by atoms with E-state index in [9.17, 15) is 8.42 Å². The summed E-state index contributed by atoms with van der Waals surface area (Å²) < 4.78 is 29.4. The zero-order valence-corrected chi connectivity index (χ0v) is 15.3. The molecule has 0 amide bonds. The Labute approximate surface area is 153 Å². The van der Waals surface area contributed by atoms with Gasteiger partial charge in [0, 0.05) is 23.8 Å². The van der Waals surface area contributed by atoms with Crippen molar-refractivity contribution < 1.29 is 8.42 Å². The van der Waals surface area contributed by atoms with Crippen LogP contribution in [0.5, 0.6) is 0 Å². The highest BCUT2D eigenvalue weighted by molar-refractivity contribution is 7.92. The van der Waals surface area contributed by atoms with Gasteiger partial charge in [0.05, 0.1) is 0 Å². The van der Waals surface area contributed by atoms with Crippen LogP contribution in [0.2, 0.25) is 5.15 Å². The van der Waals surface area contributed by atoms with Gasteiger partial charge in [0.1, 0.15) is 0 Å². The van der Waals surface area contributed by atoms with Crippen LogP contribution < -0.4 is 10.0 Å². The lowest BCUT2D eigenvalue weighted by Crippen LogP contribution is -2.16. The van der Waals surface area contributed by atoms with Gasteiger partial charge in [-0.05, 0) is 35.5 Å². The van der Waals surface area contributed by atoms with E-state index in [1.165, 1.54) is 15.7 Å². The number of imidazole rings is 1. The minimum atomic E-state index is -3.84. The molecular formula is C14H12Cl2N4O2S2. The zero-order chi connectivity index (χ0) is 16.0. The van der Waals surface area contributed by atoms with Crippen molar-refractivity contribution in [2.75, 3.05) is 4.72 Å². The smallest absolute Gasteiger partial charge is 0.281 e. The van der Waals surface area contributed by atoms with Crippen molar-refractivity contribution in [2.24, 2.45) is 0 Å². The summed E-state index contributed by atoms with van der Waals surface area (Å²) >= 11 is 7.33. The highest BCUT2D eigenvalue weighted by Gasteiger charge is 2.25. The molecule has 126 valence electrons. The highest BCUT2D eigenvalue weighted by Crippen LogP contribution is 2.28. The lowest BCUT2D eigenvalue weighted by atomic mass is 10.0. The molecule has 0 spiro atoms. The van der Waals surface area contributed by atoms with Crippen LogP contribution in [0, 0.1) is 0 Å². The molecule has 0 atom stereocenters. The minimum Gasteiger partial charge on any atom is -0.387 e. The summed E-state index contributed by atoms with van der Waals surface area (Å²) in [6.45, 7) is 0.725. The van der Waals surface area contributed by atoms with Gasteiger partial charge in [-0.15, -0.1) is 23.7 Å². The van der Waals surface area contributed by atoms with Crippen molar-refractivity contribution in [3.63, 3.8) is 0 Å². The second-order valence-electron chi connectivity index (χ2n) is 5.00. The summed E-state index contributed by atoms with van der Waals surface area (Å²) in [6.07, 6.45) is 5.37. The number of aromatic nitrogens is 2. The molecule has 3 heterocycles. The number of sulfonamides is 1. The van der Waals surface area contributed by atoms with Gasteiger partial charge in [-0.3, -0.25) is 9.12 Å². The van der Waals surface area contributed by atoms with Crippen LogP contribution in [-0.4, -0.2) is 17.8 Å². The molecule has 24 heavy (non-hydrogen) atoms. The summed E-state index contributed by atoms with van der Waals surface area (Å²) in [5.41, 5.74) is 2.57. The van der Waals surface area contributed by atoms with Gasteiger partial charge < -0.3 is 5.32 Å². The standard InChI is InChI=1S/C14H11ClN4O2S2.ClH/c15-12-13(19-5-6-22-14(19)17-12)23(20,21)18-11-2-1-10-8-16-4-3-9(10)7-11;/h1-7,16,18H,8H2;1H. The molecule has 4 rings (SSSR count). The normalized spacial score (nSPS) is 13.2. The number of nitrogens with one attached hydrogen (secondary N) is 2. The molecule has 1 aromatic carbocycles. The number of benzene rings is 1. The van der Waals surface area contributed by atoms with Crippen LogP contribution in [0.25, 0.3) is 11.0 Å². The molecule has 0 unspecified atom stereocenters. The van der Waals surface area contributed by atoms with Crippen LogP contribution >= 0.6 is 35.3 Å². The predicted octanol–water partition coefficient (Wildman–Crippen LogP) is 3.35. The zero-order valence-electron chi connectivity index (χ0n) is 12.1.